The minimum absolute atomic E-state index is 0.0615. The van der Waals surface area contributed by atoms with Gasteiger partial charge in [0.25, 0.3) is 0 Å². The Labute approximate surface area is 191 Å². The topological polar surface area (TPSA) is 75.3 Å². The van der Waals surface area contributed by atoms with E-state index >= 15 is 0 Å². The lowest BCUT2D eigenvalue weighted by Gasteiger charge is -2.19. The lowest BCUT2D eigenvalue weighted by atomic mass is 9.94. The first-order valence-electron chi connectivity index (χ1n) is 10.9. The van der Waals surface area contributed by atoms with Crippen LogP contribution in [0.15, 0.2) is 12.1 Å². The molecular formula is C23H38ClNO6. The summed E-state index contributed by atoms with van der Waals surface area (Å²) in [4.78, 5) is 12.7. The van der Waals surface area contributed by atoms with Gasteiger partial charge >= 0.3 is 0 Å². The van der Waals surface area contributed by atoms with Crippen LogP contribution in [0, 0.1) is 0 Å². The van der Waals surface area contributed by atoms with Crippen LogP contribution in [0.4, 0.5) is 0 Å². The molecule has 0 aromatic heterocycles. The molecule has 0 aliphatic heterocycles. The summed E-state index contributed by atoms with van der Waals surface area (Å²) in [6.07, 6.45) is 5.05. The van der Waals surface area contributed by atoms with Gasteiger partial charge in [0, 0.05) is 19.0 Å². The maximum absolute atomic E-state index is 12.7. The van der Waals surface area contributed by atoms with Crippen LogP contribution in [0.1, 0.15) is 50.5 Å². The molecule has 0 fully saturated rings. The number of unbranched alkanes of at least 4 members (excludes halogenated alkanes) is 3. The second-order valence-electron chi connectivity index (χ2n) is 7.04. The van der Waals surface area contributed by atoms with Gasteiger partial charge in [0.2, 0.25) is 11.7 Å². The zero-order valence-electron chi connectivity index (χ0n) is 19.3. The summed E-state index contributed by atoms with van der Waals surface area (Å²) < 4.78 is 27.2. The predicted octanol–water partition coefficient (Wildman–Crippen LogP) is 4.15. The van der Waals surface area contributed by atoms with E-state index in [4.69, 9.17) is 35.3 Å². The molecule has 0 spiro atoms. The van der Waals surface area contributed by atoms with Gasteiger partial charge in [0.05, 0.1) is 47.1 Å². The molecule has 1 rings (SSSR count). The van der Waals surface area contributed by atoms with Gasteiger partial charge in [-0.25, -0.2) is 0 Å². The molecule has 1 aromatic carbocycles. The molecule has 178 valence electrons. The van der Waals surface area contributed by atoms with Crippen molar-refractivity contribution in [2.45, 2.75) is 44.9 Å². The van der Waals surface area contributed by atoms with E-state index in [-0.39, 0.29) is 11.8 Å². The number of carbonyl (C=O) groups excluding carboxylic acids is 1. The number of hydrogen-bond donors (Lipinski definition) is 1. The third-order valence-electron chi connectivity index (χ3n) is 4.90. The minimum Gasteiger partial charge on any atom is -0.493 e. The predicted molar refractivity (Wildman–Crippen MR) is 123 cm³/mol. The Morgan fingerprint density at radius 3 is 2.06 bits per heavy atom. The number of methoxy groups -OCH3 is 3. The highest BCUT2D eigenvalue weighted by atomic mass is 35.5. The van der Waals surface area contributed by atoms with Crippen molar-refractivity contribution in [1.82, 2.24) is 5.32 Å². The Kier molecular flexibility index (Phi) is 14.9. The maximum atomic E-state index is 12.7. The second-order valence-corrected chi connectivity index (χ2v) is 7.42. The number of halogens is 1. The van der Waals surface area contributed by atoms with E-state index in [1.165, 1.54) is 0 Å². The normalized spacial score (nSPS) is 11.8. The second kappa shape index (κ2) is 16.9. The van der Waals surface area contributed by atoms with E-state index in [2.05, 4.69) is 5.32 Å². The van der Waals surface area contributed by atoms with Crippen LogP contribution in [-0.4, -0.2) is 66.1 Å². The largest absolute Gasteiger partial charge is 0.493 e. The Balaban J connectivity index is 2.36. The molecule has 1 N–H and O–H groups in total. The molecule has 0 aliphatic carbocycles. The van der Waals surface area contributed by atoms with Gasteiger partial charge in [0.1, 0.15) is 0 Å². The molecule has 7 nitrogen and oxygen atoms in total. The van der Waals surface area contributed by atoms with Crippen molar-refractivity contribution in [1.29, 1.82) is 0 Å². The smallest absolute Gasteiger partial charge is 0.227 e. The van der Waals surface area contributed by atoms with Crippen LogP contribution in [0.3, 0.4) is 0 Å². The average molecular weight is 460 g/mol. The summed E-state index contributed by atoms with van der Waals surface area (Å²) in [5.74, 6) is 1.92. The van der Waals surface area contributed by atoms with Crippen LogP contribution < -0.4 is 19.5 Å². The van der Waals surface area contributed by atoms with Crippen LogP contribution in [0.2, 0.25) is 0 Å². The Bertz CT molecular complexity index is 603. The number of alkyl halides is 1. The molecule has 0 unspecified atom stereocenters. The number of nitrogens with one attached hydrogen (secondary N) is 1. The lowest BCUT2D eigenvalue weighted by Crippen LogP contribution is -2.32. The SMILES string of the molecule is CC[C@H](C(=O)NCCOCCOCCCCCCCl)c1cc(OC)c(OC)c(OC)c1. The van der Waals surface area contributed by atoms with Gasteiger partial charge in [-0.2, -0.15) is 0 Å². The van der Waals surface area contributed by atoms with Gasteiger partial charge in [-0.05, 0) is 37.0 Å². The first-order valence-corrected chi connectivity index (χ1v) is 11.4. The van der Waals surface area contributed by atoms with Crippen molar-refractivity contribution in [3.8, 4) is 17.2 Å². The summed E-state index contributed by atoms with van der Waals surface area (Å²) in [5.41, 5.74) is 0.815. The summed E-state index contributed by atoms with van der Waals surface area (Å²) in [5, 5.41) is 2.94. The van der Waals surface area contributed by atoms with Crippen LogP contribution in [0.25, 0.3) is 0 Å². The maximum Gasteiger partial charge on any atom is 0.227 e. The highest BCUT2D eigenvalue weighted by Gasteiger charge is 2.22. The lowest BCUT2D eigenvalue weighted by molar-refractivity contribution is -0.122. The first-order chi connectivity index (χ1) is 15.1. The van der Waals surface area contributed by atoms with E-state index in [1.807, 2.05) is 19.1 Å². The molecule has 1 atom stereocenters. The van der Waals surface area contributed by atoms with Crippen molar-refractivity contribution in [2.24, 2.45) is 0 Å². The monoisotopic (exact) mass is 459 g/mol. The third-order valence-corrected chi connectivity index (χ3v) is 5.17. The van der Waals surface area contributed by atoms with Crippen molar-refractivity contribution < 1.29 is 28.5 Å². The third kappa shape index (κ3) is 9.97. The summed E-state index contributed by atoms with van der Waals surface area (Å²) in [6, 6.07) is 3.64. The number of amides is 1. The van der Waals surface area contributed by atoms with Gasteiger partial charge < -0.3 is 29.0 Å². The first kappa shape index (κ1) is 27.3. The molecule has 0 heterocycles. The highest BCUT2D eigenvalue weighted by Crippen LogP contribution is 2.40. The molecule has 0 aliphatic rings. The van der Waals surface area contributed by atoms with Crippen molar-refractivity contribution in [3.05, 3.63) is 17.7 Å². The zero-order valence-corrected chi connectivity index (χ0v) is 20.1. The van der Waals surface area contributed by atoms with E-state index in [0.717, 1.165) is 43.7 Å². The van der Waals surface area contributed by atoms with E-state index in [0.29, 0.717) is 50.0 Å². The number of rotatable bonds is 18. The van der Waals surface area contributed by atoms with Crippen molar-refractivity contribution in [2.75, 3.05) is 60.2 Å². The average Bonchev–Trinajstić information content (AvgIpc) is 2.79. The standard InChI is InChI=1S/C23H38ClNO6/c1-5-19(18-16-20(27-2)22(29-4)21(17-18)28-3)23(26)25-11-13-31-15-14-30-12-9-7-6-8-10-24/h16-17,19H,5-15H2,1-4H3,(H,25,26)/t19-/m0/s1. The van der Waals surface area contributed by atoms with Crippen molar-refractivity contribution >= 4 is 17.5 Å². The van der Waals surface area contributed by atoms with E-state index in [9.17, 15) is 4.79 Å². The van der Waals surface area contributed by atoms with Crippen molar-refractivity contribution in [3.63, 3.8) is 0 Å². The number of carbonyl (C=O) groups is 1. The fourth-order valence-corrected chi connectivity index (χ4v) is 3.41. The highest BCUT2D eigenvalue weighted by molar-refractivity contribution is 6.17. The van der Waals surface area contributed by atoms with Crippen LogP contribution in [0.5, 0.6) is 17.2 Å². The summed E-state index contributed by atoms with van der Waals surface area (Å²) in [6.45, 7) is 4.68. The zero-order chi connectivity index (χ0) is 22.9. The van der Waals surface area contributed by atoms with Crippen LogP contribution >= 0.6 is 11.6 Å². The summed E-state index contributed by atoms with van der Waals surface area (Å²) in [7, 11) is 4.67. The molecule has 1 aromatic rings. The van der Waals surface area contributed by atoms with Gasteiger partial charge in [-0.1, -0.05) is 19.8 Å². The van der Waals surface area contributed by atoms with Crippen LogP contribution in [-0.2, 0) is 14.3 Å². The quantitative estimate of drug-likeness (QED) is 0.262. The van der Waals surface area contributed by atoms with E-state index in [1.54, 1.807) is 21.3 Å². The fourth-order valence-electron chi connectivity index (χ4n) is 3.22. The molecule has 0 saturated carbocycles. The molecule has 0 bridgehead atoms. The summed E-state index contributed by atoms with van der Waals surface area (Å²) >= 11 is 5.65. The van der Waals surface area contributed by atoms with Gasteiger partial charge in [-0.3, -0.25) is 4.79 Å². The molecular weight excluding hydrogens is 422 g/mol. The molecule has 1 amide bonds. The van der Waals surface area contributed by atoms with Gasteiger partial charge in [0.15, 0.2) is 11.5 Å². The molecule has 8 heteroatoms. The van der Waals surface area contributed by atoms with E-state index < -0.39 is 0 Å². The Morgan fingerprint density at radius 1 is 0.903 bits per heavy atom. The Morgan fingerprint density at radius 2 is 1.52 bits per heavy atom. The Hall–Kier alpha value is -1.70. The number of hydrogen-bond acceptors (Lipinski definition) is 6. The molecule has 0 saturated heterocycles. The number of benzene rings is 1. The fraction of sp³-hybridized carbons (Fsp3) is 0.696. The molecule has 0 radical (unpaired) electrons. The minimum atomic E-state index is -0.323. The molecule has 31 heavy (non-hydrogen) atoms. The number of ether oxygens (including phenoxy) is 5. The van der Waals surface area contributed by atoms with Gasteiger partial charge in [-0.15, -0.1) is 11.6 Å².